The standard InChI is InChI=1S/C32H25ClF3N5O3/c33-27-17-21(5-7-29(27)42)30-25(20-8-10-37-11-9-20)19-41(39-30)24-3-1-2-23(18-24)38-31(43)22-4-6-28(26(16-22)32(34,35)36)40-12-14-44-15-13-40/h1-11,16-19,42H,12-15H2,(H,38,43). The van der Waals surface area contributed by atoms with Crippen LogP contribution in [0.25, 0.3) is 28.1 Å². The van der Waals surface area contributed by atoms with Gasteiger partial charge >= 0.3 is 6.18 Å². The second-order valence-electron chi connectivity index (χ2n) is 10.1. The number of nitrogens with zero attached hydrogens (tertiary/aromatic N) is 4. The Labute approximate surface area is 255 Å². The number of amides is 1. The third-order valence-electron chi connectivity index (χ3n) is 7.21. The van der Waals surface area contributed by atoms with Crippen molar-refractivity contribution in [3.05, 3.63) is 108 Å². The minimum Gasteiger partial charge on any atom is -0.506 e. The van der Waals surface area contributed by atoms with Crippen LogP contribution in [0.2, 0.25) is 5.02 Å². The quantitative estimate of drug-likeness (QED) is 0.211. The number of aromatic hydroxyl groups is 1. The zero-order valence-electron chi connectivity index (χ0n) is 23.1. The molecular formula is C32H25ClF3N5O3. The summed E-state index contributed by atoms with van der Waals surface area (Å²) in [5.41, 5.74) is 2.86. The van der Waals surface area contributed by atoms with Gasteiger partial charge in [0.05, 0.1) is 29.5 Å². The Hall–Kier alpha value is -4.87. The van der Waals surface area contributed by atoms with E-state index in [2.05, 4.69) is 10.3 Å². The first kappa shape index (κ1) is 29.2. The number of hydrogen-bond donors (Lipinski definition) is 2. The second-order valence-corrected chi connectivity index (χ2v) is 10.5. The Morgan fingerprint density at radius 1 is 0.955 bits per heavy atom. The highest BCUT2D eigenvalue weighted by atomic mass is 35.5. The molecule has 0 saturated carbocycles. The van der Waals surface area contributed by atoms with Gasteiger partial charge in [0.25, 0.3) is 5.91 Å². The number of carbonyl (C=O) groups excluding carboxylic acids is 1. The zero-order valence-corrected chi connectivity index (χ0v) is 23.8. The molecular weight excluding hydrogens is 595 g/mol. The maximum absolute atomic E-state index is 14.0. The van der Waals surface area contributed by atoms with E-state index in [-0.39, 0.29) is 22.0 Å². The molecule has 0 unspecified atom stereocenters. The highest BCUT2D eigenvalue weighted by molar-refractivity contribution is 6.32. The van der Waals surface area contributed by atoms with Crippen molar-refractivity contribution in [2.45, 2.75) is 6.18 Å². The molecule has 1 fully saturated rings. The first-order chi connectivity index (χ1) is 21.2. The number of aromatic nitrogens is 3. The average Bonchev–Trinajstić information content (AvgIpc) is 3.48. The molecule has 3 aromatic carbocycles. The summed E-state index contributed by atoms with van der Waals surface area (Å²) in [5.74, 6) is -0.736. The van der Waals surface area contributed by atoms with Crippen molar-refractivity contribution in [3.63, 3.8) is 0 Å². The summed E-state index contributed by atoms with van der Waals surface area (Å²) < 4.78 is 48.9. The van der Waals surface area contributed by atoms with Gasteiger partial charge in [-0.25, -0.2) is 4.68 Å². The fourth-order valence-corrected chi connectivity index (χ4v) is 5.21. The Balaban J connectivity index is 1.31. The van der Waals surface area contributed by atoms with Gasteiger partial charge in [0, 0.05) is 59.7 Å². The molecule has 0 aliphatic carbocycles. The lowest BCUT2D eigenvalue weighted by Crippen LogP contribution is -2.37. The molecule has 1 saturated heterocycles. The van der Waals surface area contributed by atoms with E-state index in [0.717, 1.165) is 17.2 Å². The maximum Gasteiger partial charge on any atom is 0.418 e. The smallest absolute Gasteiger partial charge is 0.418 e. The summed E-state index contributed by atoms with van der Waals surface area (Å²) in [7, 11) is 0. The summed E-state index contributed by atoms with van der Waals surface area (Å²) in [6.07, 6.45) is 0.490. The SMILES string of the molecule is O=C(Nc1cccc(-n2cc(-c3ccncc3)c(-c3ccc(O)c(Cl)c3)n2)c1)c1ccc(N2CCOCC2)c(C(F)(F)F)c1. The lowest BCUT2D eigenvalue weighted by molar-refractivity contribution is -0.137. The number of alkyl halides is 3. The molecule has 0 spiro atoms. The molecule has 3 heterocycles. The van der Waals surface area contributed by atoms with E-state index < -0.39 is 17.6 Å². The fraction of sp³-hybridized carbons (Fsp3) is 0.156. The number of phenols is 1. The Morgan fingerprint density at radius 2 is 1.73 bits per heavy atom. The normalized spacial score (nSPS) is 13.6. The number of rotatable bonds is 6. The monoisotopic (exact) mass is 619 g/mol. The minimum atomic E-state index is -4.64. The van der Waals surface area contributed by atoms with E-state index in [9.17, 15) is 23.1 Å². The van der Waals surface area contributed by atoms with Crippen molar-refractivity contribution >= 4 is 28.9 Å². The van der Waals surface area contributed by atoms with E-state index in [1.165, 1.54) is 18.2 Å². The molecule has 1 amide bonds. The summed E-state index contributed by atoms with van der Waals surface area (Å²) in [4.78, 5) is 18.8. The highest BCUT2D eigenvalue weighted by Crippen LogP contribution is 2.38. The van der Waals surface area contributed by atoms with Gasteiger partial charge in [0.1, 0.15) is 11.4 Å². The van der Waals surface area contributed by atoms with Crippen molar-refractivity contribution in [2.75, 3.05) is 36.5 Å². The molecule has 5 aromatic rings. The number of hydrogen-bond acceptors (Lipinski definition) is 6. The molecule has 44 heavy (non-hydrogen) atoms. The second kappa shape index (κ2) is 12.0. The predicted octanol–water partition coefficient (Wildman–Crippen LogP) is 7.07. The van der Waals surface area contributed by atoms with Gasteiger partial charge in [-0.05, 0) is 72.3 Å². The van der Waals surface area contributed by atoms with Crippen LogP contribution in [0.4, 0.5) is 24.5 Å². The third kappa shape index (κ3) is 6.10. The summed E-state index contributed by atoms with van der Waals surface area (Å²) in [5, 5.41) is 17.6. The molecule has 1 aliphatic heterocycles. The zero-order chi connectivity index (χ0) is 30.8. The van der Waals surface area contributed by atoms with Crippen LogP contribution in [-0.4, -0.2) is 52.1 Å². The third-order valence-corrected chi connectivity index (χ3v) is 7.51. The number of carbonyl (C=O) groups is 1. The maximum atomic E-state index is 14.0. The number of halogens is 4. The number of anilines is 2. The number of nitrogens with one attached hydrogen (secondary N) is 1. The van der Waals surface area contributed by atoms with Crippen molar-refractivity contribution in [2.24, 2.45) is 0 Å². The van der Waals surface area contributed by atoms with Gasteiger partial charge in [-0.2, -0.15) is 18.3 Å². The van der Waals surface area contributed by atoms with Crippen LogP contribution >= 0.6 is 11.6 Å². The predicted molar refractivity (Wildman–Crippen MR) is 161 cm³/mol. The number of pyridine rings is 1. The summed E-state index contributed by atoms with van der Waals surface area (Å²) >= 11 is 6.18. The Bertz CT molecular complexity index is 1820. The van der Waals surface area contributed by atoms with Crippen molar-refractivity contribution in [1.82, 2.24) is 14.8 Å². The lowest BCUT2D eigenvalue weighted by Gasteiger charge is -2.31. The summed E-state index contributed by atoms with van der Waals surface area (Å²) in [6, 6.07) is 18.9. The van der Waals surface area contributed by atoms with E-state index in [1.807, 2.05) is 18.3 Å². The van der Waals surface area contributed by atoms with Crippen LogP contribution in [0, 0.1) is 0 Å². The number of ether oxygens (including phenoxy) is 1. The van der Waals surface area contributed by atoms with E-state index in [0.29, 0.717) is 48.9 Å². The number of morpholine rings is 1. The fourth-order valence-electron chi connectivity index (χ4n) is 5.03. The van der Waals surface area contributed by atoms with Crippen LogP contribution in [0.15, 0.2) is 91.4 Å². The molecule has 0 bridgehead atoms. The first-order valence-corrected chi connectivity index (χ1v) is 14.0. The van der Waals surface area contributed by atoms with Gasteiger partial charge < -0.3 is 20.1 Å². The van der Waals surface area contributed by atoms with Crippen LogP contribution in [-0.2, 0) is 10.9 Å². The largest absolute Gasteiger partial charge is 0.506 e. The molecule has 6 rings (SSSR count). The topological polar surface area (TPSA) is 92.5 Å². The van der Waals surface area contributed by atoms with E-state index >= 15 is 0 Å². The van der Waals surface area contributed by atoms with Gasteiger partial charge in [0.15, 0.2) is 0 Å². The van der Waals surface area contributed by atoms with Crippen molar-refractivity contribution in [3.8, 4) is 33.8 Å². The van der Waals surface area contributed by atoms with Gasteiger partial charge in [-0.1, -0.05) is 17.7 Å². The molecule has 1 aliphatic rings. The van der Waals surface area contributed by atoms with Gasteiger partial charge in [-0.3, -0.25) is 9.78 Å². The Morgan fingerprint density at radius 3 is 2.45 bits per heavy atom. The van der Waals surface area contributed by atoms with Crippen LogP contribution in [0.1, 0.15) is 15.9 Å². The molecule has 8 nitrogen and oxygen atoms in total. The van der Waals surface area contributed by atoms with Crippen LogP contribution in [0.5, 0.6) is 5.75 Å². The van der Waals surface area contributed by atoms with Crippen molar-refractivity contribution < 1.29 is 27.8 Å². The van der Waals surface area contributed by atoms with Crippen molar-refractivity contribution in [1.29, 1.82) is 0 Å². The van der Waals surface area contributed by atoms with Crippen LogP contribution in [0.3, 0.4) is 0 Å². The molecule has 0 atom stereocenters. The molecule has 0 radical (unpaired) electrons. The number of benzene rings is 3. The molecule has 2 aromatic heterocycles. The molecule has 12 heteroatoms. The van der Waals surface area contributed by atoms with Crippen LogP contribution < -0.4 is 10.2 Å². The minimum absolute atomic E-state index is 0.0220. The highest BCUT2D eigenvalue weighted by Gasteiger charge is 2.36. The Kier molecular flexibility index (Phi) is 7.98. The van der Waals surface area contributed by atoms with Gasteiger partial charge in [0.2, 0.25) is 0 Å². The first-order valence-electron chi connectivity index (χ1n) is 13.6. The van der Waals surface area contributed by atoms with E-state index in [1.54, 1.807) is 58.4 Å². The van der Waals surface area contributed by atoms with Gasteiger partial charge in [-0.15, -0.1) is 0 Å². The molecule has 2 N–H and O–H groups in total. The lowest BCUT2D eigenvalue weighted by atomic mass is 10.0. The average molecular weight is 620 g/mol. The summed E-state index contributed by atoms with van der Waals surface area (Å²) in [6.45, 7) is 1.33. The number of phenolic OH excluding ortho intramolecular Hbond substituents is 1. The van der Waals surface area contributed by atoms with E-state index in [4.69, 9.17) is 21.4 Å². The molecule has 224 valence electrons.